The highest BCUT2D eigenvalue weighted by Crippen LogP contribution is 2.08. The molecule has 0 saturated carbocycles. The summed E-state index contributed by atoms with van der Waals surface area (Å²) < 4.78 is 1.40. The maximum atomic E-state index is 12.3. The van der Waals surface area contributed by atoms with Crippen LogP contribution in [-0.2, 0) is 6.54 Å². The number of nitrogens with zero attached hydrogens (tertiary/aromatic N) is 2. The Morgan fingerprint density at radius 3 is 2.52 bits per heavy atom. The first-order valence-electron chi connectivity index (χ1n) is 6.49. The largest absolute Gasteiger partial charge is 0.366 e. The first-order valence-corrected chi connectivity index (χ1v) is 6.49. The summed E-state index contributed by atoms with van der Waals surface area (Å²) >= 11 is 0. The predicted molar refractivity (Wildman–Crippen MR) is 80.1 cm³/mol. The van der Waals surface area contributed by atoms with E-state index in [2.05, 4.69) is 5.10 Å². The SMILES string of the molecule is NC(=O)c1ccc(Cn2ncc3ccccc3c2=O)cc1. The van der Waals surface area contributed by atoms with Crippen molar-refractivity contribution in [1.82, 2.24) is 9.78 Å². The van der Waals surface area contributed by atoms with Crippen molar-refractivity contribution < 1.29 is 4.79 Å². The predicted octanol–water partition coefficient (Wildman–Crippen LogP) is 1.54. The van der Waals surface area contributed by atoms with Crippen LogP contribution in [0.15, 0.2) is 59.5 Å². The van der Waals surface area contributed by atoms with Gasteiger partial charge in [-0.15, -0.1) is 0 Å². The lowest BCUT2D eigenvalue weighted by Gasteiger charge is -2.06. The van der Waals surface area contributed by atoms with Crippen molar-refractivity contribution in [1.29, 1.82) is 0 Å². The maximum Gasteiger partial charge on any atom is 0.274 e. The Balaban J connectivity index is 1.96. The molecule has 2 N–H and O–H groups in total. The second-order valence-corrected chi connectivity index (χ2v) is 4.76. The molecule has 2 aromatic carbocycles. The average molecular weight is 279 g/mol. The fourth-order valence-electron chi connectivity index (χ4n) is 2.19. The lowest BCUT2D eigenvalue weighted by atomic mass is 10.1. The zero-order valence-electron chi connectivity index (χ0n) is 11.2. The fraction of sp³-hybridized carbons (Fsp3) is 0.0625. The molecule has 3 rings (SSSR count). The van der Waals surface area contributed by atoms with E-state index in [9.17, 15) is 9.59 Å². The van der Waals surface area contributed by atoms with Crippen LogP contribution in [0.5, 0.6) is 0 Å². The Labute approximate surface area is 120 Å². The van der Waals surface area contributed by atoms with E-state index in [-0.39, 0.29) is 5.56 Å². The molecule has 21 heavy (non-hydrogen) atoms. The summed E-state index contributed by atoms with van der Waals surface area (Å²) in [7, 11) is 0. The van der Waals surface area contributed by atoms with Crippen LogP contribution in [0.4, 0.5) is 0 Å². The third-order valence-electron chi connectivity index (χ3n) is 3.33. The van der Waals surface area contributed by atoms with Crippen molar-refractivity contribution in [3.05, 3.63) is 76.2 Å². The molecule has 5 heteroatoms. The van der Waals surface area contributed by atoms with Crippen LogP contribution in [0.1, 0.15) is 15.9 Å². The summed E-state index contributed by atoms with van der Waals surface area (Å²) in [6.07, 6.45) is 1.68. The summed E-state index contributed by atoms with van der Waals surface area (Å²) in [5.74, 6) is -0.470. The van der Waals surface area contributed by atoms with Gasteiger partial charge < -0.3 is 5.73 Å². The van der Waals surface area contributed by atoms with Crippen LogP contribution in [0.2, 0.25) is 0 Å². The summed E-state index contributed by atoms with van der Waals surface area (Å²) in [5, 5.41) is 5.63. The molecule has 0 radical (unpaired) electrons. The van der Waals surface area contributed by atoms with Gasteiger partial charge in [-0.3, -0.25) is 9.59 Å². The van der Waals surface area contributed by atoms with Crippen molar-refractivity contribution >= 4 is 16.7 Å². The van der Waals surface area contributed by atoms with Gasteiger partial charge in [-0.05, 0) is 23.8 Å². The van der Waals surface area contributed by atoms with Gasteiger partial charge in [-0.1, -0.05) is 30.3 Å². The molecule has 5 nitrogen and oxygen atoms in total. The van der Waals surface area contributed by atoms with Crippen LogP contribution in [-0.4, -0.2) is 15.7 Å². The molecule has 1 heterocycles. The number of rotatable bonds is 3. The molecule has 0 spiro atoms. The minimum absolute atomic E-state index is 0.132. The number of nitrogens with two attached hydrogens (primary N) is 1. The van der Waals surface area contributed by atoms with Gasteiger partial charge in [0.25, 0.3) is 5.56 Å². The highest BCUT2D eigenvalue weighted by atomic mass is 16.1. The van der Waals surface area contributed by atoms with Crippen molar-refractivity contribution in [2.24, 2.45) is 5.73 Å². The van der Waals surface area contributed by atoms with E-state index in [4.69, 9.17) is 5.73 Å². The Hall–Kier alpha value is -2.95. The molecule has 0 fully saturated rings. The monoisotopic (exact) mass is 279 g/mol. The highest BCUT2D eigenvalue weighted by Gasteiger charge is 2.05. The van der Waals surface area contributed by atoms with Gasteiger partial charge in [0.15, 0.2) is 0 Å². The average Bonchev–Trinajstić information content (AvgIpc) is 2.51. The van der Waals surface area contributed by atoms with E-state index in [1.54, 1.807) is 36.5 Å². The van der Waals surface area contributed by atoms with Crippen LogP contribution in [0.3, 0.4) is 0 Å². The number of fused-ring (bicyclic) bond motifs is 1. The molecule has 0 aliphatic heterocycles. The van der Waals surface area contributed by atoms with E-state index in [0.717, 1.165) is 10.9 Å². The first kappa shape index (κ1) is 13.1. The lowest BCUT2D eigenvalue weighted by Crippen LogP contribution is -2.23. The number of amides is 1. The summed E-state index contributed by atoms with van der Waals surface area (Å²) in [5.41, 5.74) is 6.39. The van der Waals surface area contributed by atoms with Gasteiger partial charge in [0.1, 0.15) is 0 Å². The van der Waals surface area contributed by atoms with Crippen molar-refractivity contribution in [2.45, 2.75) is 6.54 Å². The fourth-order valence-corrected chi connectivity index (χ4v) is 2.19. The van der Waals surface area contributed by atoms with Gasteiger partial charge in [0.2, 0.25) is 5.91 Å². The van der Waals surface area contributed by atoms with Gasteiger partial charge in [0, 0.05) is 10.9 Å². The Morgan fingerprint density at radius 2 is 1.81 bits per heavy atom. The van der Waals surface area contributed by atoms with Gasteiger partial charge >= 0.3 is 0 Å². The summed E-state index contributed by atoms with van der Waals surface area (Å²) in [6.45, 7) is 0.350. The quantitative estimate of drug-likeness (QED) is 0.790. The Morgan fingerprint density at radius 1 is 1.10 bits per heavy atom. The number of benzene rings is 2. The number of hydrogen-bond acceptors (Lipinski definition) is 3. The van der Waals surface area contributed by atoms with Crippen molar-refractivity contribution in [3.63, 3.8) is 0 Å². The molecule has 0 saturated heterocycles. The summed E-state index contributed by atoms with van der Waals surface area (Å²) in [4.78, 5) is 23.4. The second kappa shape index (κ2) is 5.20. The number of carbonyl (C=O) groups is 1. The zero-order chi connectivity index (χ0) is 14.8. The third kappa shape index (κ3) is 2.53. The molecular weight excluding hydrogens is 266 g/mol. The van der Waals surface area contributed by atoms with E-state index in [1.165, 1.54) is 4.68 Å². The van der Waals surface area contributed by atoms with Gasteiger partial charge in [-0.25, -0.2) is 4.68 Å². The van der Waals surface area contributed by atoms with Crippen LogP contribution in [0, 0.1) is 0 Å². The first-order chi connectivity index (χ1) is 10.1. The smallest absolute Gasteiger partial charge is 0.274 e. The molecule has 1 amide bonds. The molecule has 104 valence electrons. The molecular formula is C16H13N3O2. The van der Waals surface area contributed by atoms with Gasteiger partial charge in [-0.2, -0.15) is 5.10 Å². The van der Waals surface area contributed by atoms with E-state index >= 15 is 0 Å². The van der Waals surface area contributed by atoms with Crippen LogP contribution >= 0.6 is 0 Å². The lowest BCUT2D eigenvalue weighted by molar-refractivity contribution is 0.100. The van der Waals surface area contributed by atoms with Crippen LogP contribution in [0.25, 0.3) is 10.8 Å². The van der Waals surface area contributed by atoms with Crippen LogP contribution < -0.4 is 11.3 Å². The summed E-state index contributed by atoms with van der Waals surface area (Å²) in [6, 6.07) is 14.2. The highest BCUT2D eigenvalue weighted by molar-refractivity contribution is 5.92. The van der Waals surface area contributed by atoms with Crippen molar-refractivity contribution in [3.8, 4) is 0 Å². The van der Waals surface area contributed by atoms with Gasteiger partial charge in [0.05, 0.1) is 18.1 Å². The minimum atomic E-state index is -0.470. The molecule has 0 atom stereocenters. The Bertz CT molecular complexity index is 867. The second-order valence-electron chi connectivity index (χ2n) is 4.76. The molecule has 0 unspecified atom stereocenters. The molecule has 0 aliphatic rings. The molecule has 3 aromatic rings. The molecule has 0 bridgehead atoms. The molecule has 1 aromatic heterocycles. The zero-order valence-corrected chi connectivity index (χ0v) is 11.2. The number of aromatic nitrogens is 2. The van der Waals surface area contributed by atoms with E-state index in [0.29, 0.717) is 17.5 Å². The topological polar surface area (TPSA) is 78.0 Å². The minimum Gasteiger partial charge on any atom is -0.366 e. The number of carbonyl (C=O) groups excluding carboxylic acids is 1. The molecule has 0 aliphatic carbocycles. The number of hydrogen-bond donors (Lipinski definition) is 1. The number of primary amides is 1. The third-order valence-corrected chi connectivity index (χ3v) is 3.33. The maximum absolute atomic E-state index is 12.3. The van der Waals surface area contributed by atoms with E-state index in [1.807, 2.05) is 18.2 Å². The standard InChI is InChI=1S/C16H13N3O2/c17-15(20)12-7-5-11(6-8-12)10-19-16(21)14-4-2-1-3-13(14)9-18-19/h1-9H,10H2,(H2,17,20). The van der Waals surface area contributed by atoms with E-state index < -0.39 is 5.91 Å². The Kier molecular flexibility index (Phi) is 3.23. The normalized spacial score (nSPS) is 10.7. The van der Waals surface area contributed by atoms with Crippen molar-refractivity contribution in [2.75, 3.05) is 0 Å².